The lowest BCUT2D eigenvalue weighted by Gasteiger charge is -2.54. The number of carbonyl (C=O) groups excluding carboxylic acids is 3. The Morgan fingerprint density at radius 2 is 1.67 bits per heavy atom. The number of aliphatic hydroxyl groups is 4. The maximum atomic E-state index is 13.9. The Morgan fingerprint density at radius 3 is 2.28 bits per heavy atom. The summed E-state index contributed by atoms with van der Waals surface area (Å²) < 4.78 is 0. The molecule has 204 valence electrons. The number of ketones is 2. The number of Topliss-reactive ketones (excluding diaryl/α,β-unsaturated/α-hetero) is 2. The number of phenolic OH excluding ortho intramolecular Hbond substituents is 1. The van der Waals surface area contributed by atoms with Crippen molar-refractivity contribution in [2.75, 3.05) is 14.1 Å². The van der Waals surface area contributed by atoms with Gasteiger partial charge in [-0.1, -0.05) is 43.3 Å². The fourth-order valence-electron chi connectivity index (χ4n) is 6.80. The van der Waals surface area contributed by atoms with Crippen LogP contribution in [0, 0.1) is 11.8 Å². The second kappa shape index (κ2) is 9.04. The number of amides is 1. The average Bonchev–Trinajstić information content (AvgIpc) is 2.88. The fraction of sp³-hybridized carbons (Fsp3) is 0.345. The van der Waals surface area contributed by atoms with Crippen LogP contribution in [0.1, 0.15) is 39.9 Å². The van der Waals surface area contributed by atoms with Gasteiger partial charge in [-0.2, -0.15) is 0 Å². The van der Waals surface area contributed by atoms with Gasteiger partial charge in [-0.15, -0.1) is 0 Å². The molecular formula is C29H30N2O8. The third kappa shape index (κ3) is 3.42. The number of aryl methyl sites for hydroxylation is 1. The molecule has 0 saturated carbocycles. The number of phenols is 1. The topological polar surface area (TPSA) is 182 Å². The van der Waals surface area contributed by atoms with Crippen molar-refractivity contribution in [1.82, 2.24) is 4.90 Å². The Labute approximate surface area is 224 Å². The second-order valence-corrected chi connectivity index (χ2v) is 10.5. The van der Waals surface area contributed by atoms with Crippen LogP contribution in [0.3, 0.4) is 0 Å². The maximum absolute atomic E-state index is 13.9. The van der Waals surface area contributed by atoms with Crippen molar-refractivity contribution in [1.29, 1.82) is 0 Å². The highest BCUT2D eigenvalue weighted by atomic mass is 16.4. The highest BCUT2D eigenvalue weighted by molar-refractivity contribution is 6.25. The number of likely N-dealkylation sites (N-methyl/N-ethyl adjacent to an activating group) is 1. The molecule has 7 N–H and O–H groups in total. The minimum Gasteiger partial charge on any atom is -0.510 e. The molecule has 5 rings (SSSR count). The minimum absolute atomic E-state index is 0.124. The van der Waals surface area contributed by atoms with Crippen LogP contribution < -0.4 is 5.73 Å². The van der Waals surface area contributed by atoms with Gasteiger partial charge in [0.05, 0.1) is 23.6 Å². The van der Waals surface area contributed by atoms with E-state index in [1.165, 1.54) is 25.1 Å². The SMILES string of the molecule is CCc1ccccc1[C@H]1c2cccc(O)c2C(=O)C2=C(O)[C@]3(O)C(=O)C(C(N)=O)=C(O)[C@@H](N(C)C)[C@@H]3[C@@H](O)[C@@H]21. The molecule has 0 bridgehead atoms. The largest absolute Gasteiger partial charge is 0.510 e. The molecule has 2 aromatic carbocycles. The van der Waals surface area contributed by atoms with E-state index in [1.54, 1.807) is 18.2 Å². The average molecular weight is 535 g/mol. The molecule has 0 saturated heterocycles. The zero-order valence-electron chi connectivity index (χ0n) is 21.6. The van der Waals surface area contributed by atoms with Crippen molar-refractivity contribution < 1.29 is 39.9 Å². The van der Waals surface area contributed by atoms with Crippen LogP contribution in [0.2, 0.25) is 0 Å². The normalized spacial score (nSPS) is 30.3. The third-order valence-electron chi connectivity index (χ3n) is 8.43. The van der Waals surface area contributed by atoms with E-state index in [0.717, 1.165) is 11.1 Å². The van der Waals surface area contributed by atoms with E-state index in [-0.39, 0.29) is 11.3 Å². The Hall–Kier alpha value is -3.99. The van der Waals surface area contributed by atoms with E-state index in [9.17, 15) is 39.9 Å². The highest BCUT2D eigenvalue weighted by Crippen LogP contribution is 2.57. The van der Waals surface area contributed by atoms with Gasteiger partial charge in [0.15, 0.2) is 11.4 Å². The van der Waals surface area contributed by atoms with Gasteiger partial charge in [0.2, 0.25) is 5.78 Å². The van der Waals surface area contributed by atoms with Crippen LogP contribution in [0.4, 0.5) is 0 Å². The summed E-state index contributed by atoms with van der Waals surface area (Å²) in [7, 11) is 3.00. The lowest BCUT2D eigenvalue weighted by molar-refractivity contribution is -0.162. The van der Waals surface area contributed by atoms with Gasteiger partial charge < -0.3 is 31.3 Å². The van der Waals surface area contributed by atoms with Crippen LogP contribution in [0.25, 0.3) is 0 Å². The van der Waals surface area contributed by atoms with Crippen molar-refractivity contribution >= 4 is 17.5 Å². The summed E-state index contributed by atoms with van der Waals surface area (Å²) in [5.74, 6) is -9.30. The van der Waals surface area contributed by atoms with Crippen LogP contribution in [0.5, 0.6) is 5.75 Å². The van der Waals surface area contributed by atoms with E-state index in [1.807, 2.05) is 25.1 Å². The third-order valence-corrected chi connectivity index (χ3v) is 8.43. The minimum atomic E-state index is -2.96. The zero-order valence-corrected chi connectivity index (χ0v) is 21.6. The Bertz CT molecular complexity index is 1490. The number of aromatic hydroxyl groups is 1. The van der Waals surface area contributed by atoms with Crippen molar-refractivity contribution in [3.05, 3.63) is 87.4 Å². The van der Waals surface area contributed by atoms with Crippen LogP contribution in [-0.2, 0) is 16.0 Å². The Morgan fingerprint density at radius 1 is 1.03 bits per heavy atom. The summed E-state index contributed by atoms with van der Waals surface area (Å²) in [6.07, 6.45) is -1.08. The first-order valence-corrected chi connectivity index (χ1v) is 12.6. The smallest absolute Gasteiger partial charge is 0.255 e. The number of benzene rings is 2. The van der Waals surface area contributed by atoms with Crippen molar-refractivity contribution in [2.24, 2.45) is 17.6 Å². The number of hydrogen-bond donors (Lipinski definition) is 6. The van der Waals surface area contributed by atoms with E-state index in [4.69, 9.17) is 5.73 Å². The summed E-state index contributed by atoms with van der Waals surface area (Å²) in [5.41, 5.74) is 2.95. The van der Waals surface area contributed by atoms with E-state index in [2.05, 4.69) is 0 Å². The van der Waals surface area contributed by atoms with Crippen LogP contribution >= 0.6 is 0 Å². The molecule has 10 nitrogen and oxygen atoms in total. The van der Waals surface area contributed by atoms with Gasteiger partial charge in [0.25, 0.3) is 5.91 Å². The number of nitrogens with two attached hydrogens (primary N) is 1. The molecule has 0 spiro atoms. The predicted octanol–water partition coefficient (Wildman–Crippen LogP) is 1.24. The predicted molar refractivity (Wildman–Crippen MR) is 139 cm³/mol. The molecule has 3 aliphatic carbocycles. The first kappa shape index (κ1) is 26.6. The number of nitrogens with zero attached hydrogens (tertiary/aromatic N) is 1. The van der Waals surface area contributed by atoms with E-state index < -0.39 is 75.6 Å². The van der Waals surface area contributed by atoms with Gasteiger partial charge in [-0.25, -0.2) is 0 Å². The molecule has 0 unspecified atom stereocenters. The Balaban J connectivity index is 1.89. The Kier molecular flexibility index (Phi) is 6.17. The summed E-state index contributed by atoms with van der Waals surface area (Å²) in [5, 5.41) is 57.3. The molecule has 0 heterocycles. The lowest BCUT2D eigenvalue weighted by Crippen LogP contribution is -2.68. The van der Waals surface area contributed by atoms with E-state index in [0.29, 0.717) is 12.0 Å². The standard InChI is InChI=1S/C29H30N2O8/c1-4-12-8-5-6-9-13(12)16-14-10-7-11-15(32)17(14)23(33)19-18(16)24(34)21-22(31(2)3)25(35)20(28(30)38)27(37)29(21,39)26(19)36/h5-11,16,18,21-22,24,32,34-36,39H,4H2,1-3H3,(H2,30,38)/t16-,18+,21+,22-,24-,29-/m0/s1. The zero-order chi connectivity index (χ0) is 28.5. The van der Waals surface area contributed by atoms with Gasteiger partial charge in [-0.05, 0) is 43.3 Å². The first-order chi connectivity index (χ1) is 18.4. The summed E-state index contributed by atoms with van der Waals surface area (Å²) >= 11 is 0. The first-order valence-electron chi connectivity index (χ1n) is 12.6. The summed E-state index contributed by atoms with van der Waals surface area (Å²) in [6, 6.07) is 10.6. The summed E-state index contributed by atoms with van der Waals surface area (Å²) in [6.45, 7) is 1.94. The van der Waals surface area contributed by atoms with Gasteiger partial charge >= 0.3 is 0 Å². The molecule has 0 fully saturated rings. The van der Waals surface area contributed by atoms with Crippen molar-refractivity contribution in [3.8, 4) is 5.75 Å². The van der Waals surface area contributed by atoms with Gasteiger partial charge in [-0.3, -0.25) is 19.3 Å². The molecule has 10 heteroatoms. The molecule has 6 atom stereocenters. The highest BCUT2D eigenvalue weighted by Gasteiger charge is 2.67. The number of aliphatic hydroxyl groups excluding tert-OH is 3. The molecule has 0 aliphatic heterocycles. The number of hydrogen-bond acceptors (Lipinski definition) is 9. The quantitative estimate of drug-likeness (QED) is 0.314. The maximum Gasteiger partial charge on any atom is 0.255 e. The molecule has 0 aromatic heterocycles. The summed E-state index contributed by atoms with van der Waals surface area (Å²) in [4.78, 5) is 41.0. The molecule has 1 amide bonds. The molecule has 0 radical (unpaired) electrons. The number of fused-ring (bicyclic) bond motifs is 3. The van der Waals surface area contributed by atoms with Crippen molar-refractivity contribution in [2.45, 2.75) is 37.0 Å². The second-order valence-electron chi connectivity index (χ2n) is 10.5. The van der Waals surface area contributed by atoms with Gasteiger partial charge in [0, 0.05) is 17.4 Å². The van der Waals surface area contributed by atoms with E-state index >= 15 is 0 Å². The molecular weight excluding hydrogens is 504 g/mol. The van der Waals surface area contributed by atoms with Crippen molar-refractivity contribution in [3.63, 3.8) is 0 Å². The fourth-order valence-corrected chi connectivity index (χ4v) is 6.80. The number of primary amides is 1. The molecule has 39 heavy (non-hydrogen) atoms. The number of rotatable bonds is 4. The molecule has 2 aromatic rings. The monoisotopic (exact) mass is 534 g/mol. The van der Waals surface area contributed by atoms with Crippen LogP contribution in [-0.4, -0.2) is 79.7 Å². The molecule has 3 aliphatic rings. The lowest BCUT2D eigenvalue weighted by atomic mass is 9.54. The van der Waals surface area contributed by atoms with Gasteiger partial charge in [0.1, 0.15) is 22.8 Å². The van der Waals surface area contributed by atoms with Crippen LogP contribution in [0.15, 0.2) is 65.1 Å². The number of carbonyl (C=O) groups is 3.